The molecule has 1 aliphatic heterocycles. The second-order valence-corrected chi connectivity index (χ2v) is 7.07. The zero-order valence-corrected chi connectivity index (χ0v) is 12.4. The highest BCUT2D eigenvalue weighted by molar-refractivity contribution is 5.01. The first-order chi connectivity index (χ1) is 9.25. The molecule has 19 heavy (non-hydrogen) atoms. The topological polar surface area (TPSA) is 38.5 Å². The first-order valence-electron chi connectivity index (χ1n) is 8.33. The summed E-state index contributed by atoms with van der Waals surface area (Å²) in [5, 5.41) is 0. The maximum absolute atomic E-state index is 6.28. The first kappa shape index (κ1) is 13.8. The van der Waals surface area contributed by atoms with E-state index in [1.807, 2.05) is 0 Å². The lowest BCUT2D eigenvalue weighted by molar-refractivity contribution is -0.101. The quantitative estimate of drug-likeness (QED) is 0.781. The summed E-state index contributed by atoms with van der Waals surface area (Å²) in [6.07, 6.45) is 11.1. The van der Waals surface area contributed by atoms with Gasteiger partial charge in [0.25, 0.3) is 0 Å². The minimum atomic E-state index is 0.280. The van der Waals surface area contributed by atoms with Gasteiger partial charge in [-0.3, -0.25) is 4.90 Å². The highest BCUT2D eigenvalue weighted by Crippen LogP contribution is 2.40. The van der Waals surface area contributed by atoms with Crippen LogP contribution in [0.4, 0.5) is 0 Å². The smallest absolute Gasteiger partial charge is 0.0731 e. The van der Waals surface area contributed by atoms with Gasteiger partial charge in [-0.25, -0.2) is 0 Å². The third kappa shape index (κ3) is 2.57. The minimum absolute atomic E-state index is 0.280. The summed E-state index contributed by atoms with van der Waals surface area (Å²) in [5.41, 5.74) is 6.56. The van der Waals surface area contributed by atoms with Gasteiger partial charge in [0.15, 0.2) is 0 Å². The Morgan fingerprint density at radius 2 is 2.05 bits per heavy atom. The Labute approximate surface area is 117 Å². The summed E-state index contributed by atoms with van der Waals surface area (Å²) in [6, 6.07) is 0.658. The number of ether oxygens (including phenoxy) is 1. The highest BCUT2D eigenvalue weighted by Gasteiger charge is 2.46. The lowest BCUT2D eigenvalue weighted by atomic mass is 9.85. The lowest BCUT2D eigenvalue weighted by Gasteiger charge is -2.50. The van der Waals surface area contributed by atoms with Crippen molar-refractivity contribution in [2.75, 3.05) is 19.7 Å². The number of rotatable bonds is 2. The molecule has 2 saturated carbocycles. The Morgan fingerprint density at radius 1 is 1.16 bits per heavy atom. The van der Waals surface area contributed by atoms with Crippen molar-refractivity contribution in [2.24, 2.45) is 11.7 Å². The molecule has 0 aromatic rings. The average Bonchev–Trinajstić information content (AvgIpc) is 2.83. The van der Waals surface area contributed by atoms with E-state index in [9.17, 15) is 0 Å². The van der Waals surface area contributed by atoms with Gasteiger partial charge in [-0.1, -0.05) is 19.8 Å². The predicted octanol–water partition coefficient (Wildman–Crippen LogP) is 2.54. The van der Waals surface area contributed by atoms with Gasteiger partial charge in [0.05, 0.1) is 12.7 Å². The molecule has 3 rings (SSSR count). The Kier molecular flexibility index (Phi) is 4.16. The second kappa shape index (κ2) is 5.71. The van der Waals surface area contributed by atoms with Crippen LogP contribution in [0.5, 0.6) is 0 Å². The molecule has 1 heterocycles. The van der Waals surface area contributed by atoms with E-state index in [0.29, 0.717) is 12.1 Å². The molecule has 3 fully saturated rings. The van der Waals surface area contributed by atoms with Crippen LogP contribution in [-0.2, 0) is 4.74 Å². The molecule has 0 amide bonds. The molecule has 0 spiro atoms. The van der Waals surface area contributed by atoms with Crippen molar-refractivity contribution >= 4 is 0 Å². The molecule has 0 radical (unpaired) electrons. The maximum Gasteiger partial charge on any atom is 0.0731 e. The van der Waals surface area contributed by atoms with Crippen LogP contribution >= 0.6 is 0 Å². The van der Waals surface area contributed by atoms with Crippen molar-refractivity contribution in [3.8, 4) is 0 Å². The van der Waals surface area contributed by atoms with Crippen LogP contribution in [0.25, 0.3) is 0 Å². The molecule has 3 aliphatic rings. The van der Waals surface area contributed by atoms with Crippen LogP contribution < -0.4 is 5.73 Å². The number of morpholine rings is 1. The van der Waals surface area contributed by atoms with Gasteiger partial charge in [0.1, 0.15) is 0 Å². The lowest BCUT2D eigenvalue weighted by Crippen LogP contribution is -2.62. The summed E-state index contributed by atoms with van der Waals surface area (Å²) in [7, 11) is 0. The van der Waals surface area contributed by atoms with Gasteiger partial charge in [-0.15, -0.1) is 0 Å². The van der Waals surface area contributed by atoms with E-state index in [4.69, 9.17) is 10.5 Å². The average molecular weight is 266 g/mol. The van der Waals surface area contributed by atoms with Crippen molar-refractivity contribution in [1.82, 2.24) is 4.90 Å². The Bertz CT molecular complexity index is 309. The van der Waals surface area contributed by atoms with Gasteiger partial charge in [0, 0.05) is 24.7 Å². The van der Waals surface area contributed by atoms with Crippen molar-refractivity contribution in [3.05, 3.63) is 0 Å². The highest BCUT2D eigenvalue weighted by atomic mass is 16.5. The van der Waals surface area contributed by atoms with Gasteiger partial charge in [-0.2, -0.15) is 0 Å². The van der Waals surface area contributed by atoms with E-state index >= 15 is 0 Å². The largest absolute Gasteiger partial charge is 0.375 e. The van der Waals surface area contributed by atoms with E-state index in [1.54, 1.807) is 0 Å². The van der Waals surface area contributed by atoms with Crippen LogP contribution in [0.3, 0.4) is 0 Å². The van der Waals surface area contributed by atoms with Crippen molar-refractivity contribution < 1.29 is 4.74 Å². The molecule has 0 aromatic carbocycles. The molecule has 3 nitrogen and oxygen atoms in total. The third-order valence-electron chi connectivity index (χ3n) is 5.91. The standard InChI is InChI=1S/C16H30N2O/c1-13-4-3-8-16(12-17,9-7-13)18-10-11-19-15-6-2-5-14(15)18/h13-15H,2-12,17H2,1H3. The van der Waals surface area contributed by atoms with Gasteiger partial charge >= 0.3 is 0 Å². The van der Waals surface area contributed by atoms with E-state index in [0.717, 1.165) is 25.6 Å². The fourth-order valence-corrected chi connectivity index (χ4v) is 4.69. The van der Waals surface area contributed by atoms with Crippen LogP contribution in [0.1, 0.15) is 58.3 Å². The zero-order valence-electron chi connectivity index (χ0n) is 12.4. The number of nitrogens with zero attached hydrogens (tertiary/aromatic N) is 1. The van der Waals surface area contributed by atoms with Crippen LogP contribution in [-0.4, -0.2) is 42.3 Å². The molecule has 0 aromatic heterocycles. The predicted molar refractivity (Wildman–Crippen MR) is 78.1 cm³/mol. The fourth-order valence-electron chi connectivity index (χ4n) is 4.69. The molecule has 2 N–H and O–H groups in total. The maximum atomic E-state index is 6.28. The van der Waals surface area contributed by atoms with E-state index < -0.39 is 0 Å². The first-order valence-corrected chi connectivity index (χ1v) is 8.33. The van der Waals surface area contributed by atoms with E-state index in [2.05, 4.69) is 11.8 Å². The molecular formula is C16H30N2O. The molecular weight excluding hydrogens is 236 g/mol. The summed E-state index contributed by atoms with van der Waals surface area (Å²) in [4.78, 5) is 2.78. The molecule has 4 atom stereocenters. The summed E-state index contributed by atoms with van der Waals surface area (Å²) in [5.74, 6) is 0.883. The van der Waals surface area contributed by atoms with Gasteiger partial charge in [0.2, 0.25) is 0 Å². The van der Waals surface area contributed by atoms with Gasteiger partial charge in [-0.05, 0) is 44.4 Å². The SMILES string of the molecule is CC1CCCC(CN)(N2CCOC3CCCC32)CC1. The van der Waals surface area contributed by atoms with Crippen molar-refractivity contribution in [2.45, 2.75) is 76.0 Å². The second-order valence-electron chi connectivity index (χ2n) is 7.07. The summed E-state index contributed by atoms with van der Waals surface area (Å²) < 4.78 is 5.98. The number of nitrogens with two attached hydrogens (primary N) is 1. The van der Waals surface area contributed by atoms with Crippen LogP contribution in [0.15, 0.2) is 0 Å². The normalized spacial score (nSPS) is 44.8. The van der Waals surface area contributed by atoms with E-state index in [1.165, 1.54) is 51.4 Å². The molecule has 4 unspecified atom stereocenters. The fraction of sp³-hybridized carbons (Fsp3) is 1.00. The van der Waals surface area contributed by atoms with Gasteiger partial charge < -0.3 is 10.5 Å². The number of hydrogen-bond donors (Lipinski definition) is 1. The minimum Gasteiger partial charge on any atom is -0.375 e. The Balaban J connectivity index is 1.79. The molecule has 1 saturated heterocycles. The Morgan fingerprint density at radius 3 is 2.89 bits per heavy atom. The van der Waals surface area contributed by atoms with E-state index in [-0.39, 0.29) is 5.54 Å². The molecule has 2 aliphatic carbocycles. The Hall–Kier alpha value is -0.120. The van der Waals surface area contributed by atoms with Crippen molar-refractivity contribution in [3.63, 3.8) is 0 Å². The number of fused-ring (bicyclic) bond motifs is 1. The number of hydrogen-bond acceptors (Lipinski definition) is 3. The monoisotopic (exact) mass is 266 g/mol. The van der Waals surface area contributed by atoms with Crippen LogP contribution in [0.2, 0.25) is 0 Å². The molecule has 3 heteroatoms. The summed E-state index contributed by atoms with van der Waals surface area (Å²) >= 11 is 0. The summed E-state index contributed by atoms with van der Waals surface area (Å²) in [6.45, 7) is 5.26. The zero-order chi connectivity index (χ0) is 13.3. The van der Waals surface area contributed by atoms with Crippen molar-refractivity contribution in [1.29, 1.82) is 0 Å². The third-order valence-corrected chi connectivity index (χ3v) is 5.91. The molecule has 0 bridgehead atoms. The van der Waals surface area contributed by atoms with Crippen LogP contribution in [0, 0.1) is 5.92 Å². The molecule has 110 valence electrons.